The second-order valence-electron chi connectivity index (χ2n) is 19.6. The Morgan fingerprint density at radius 3 is 2.00 bits per heavy atom. The summed E-state index contributed by atoms with van der Waals surface area (Å²) in [6.07, 6.45) is 5.40. The zero-order chi connectivity index (χ0) is 46.0. The quantitative estimate of drug-likeness (QED) is 0.0904. The summed E-state index contributed by atoms with van der Waals surface area (Å²) in [6, 6.07) is 49.6. The molecular formula is C59H64GeIrN4O-2. The van der Waals surface area contributed by atoms with Crippen LogP contribution in [0.1, 0.15) is 108 Å². The Bertz CT molecular complexity index is 3040. The summed E-state index contributed by atoms with van der Waals surface area (Å²) in [5.41, 5.74) is 15.5. The number of imidazole rings is 1. The molecule has 0 amide bonds. The topological polar surface area (TPSA) is 56.7 Å². The van der Waals surface area contributed by atoms with Crippen LogP contribution in [-0.2, 0) is 26.5 Å². The van der Waals surface area contributed by atoms with E-state index in [1.165, 1.54) is 33.5 Å². The second-order valence-corrected chi connectivity index (χ2v) is 30.2. The zero-order valence-electron chi connectivity index (χ0n) is 40.6. The Morgan fingerprint density at radius 1 is 0.682 bits per heavy atom. The molecule has 341 valence electrons. The SMILES string of the molecule is CC(C)Cc1cc(-c2[c-]cccc2)nc[c]1[Ge]([CH3])([CH3])[CH3].CCC(CC)c1ccc2c(n1)oc1c[c-]c(-c3nc4ccccc4n3-c3c(C(C)C)cc(-c4ccccc4)cc3C(C)C)cc12.[Ir]. The minimum atomic E-state index is -1.86. The van der Waals surface area contributed by atoms with Gasteiger partial charge in [0.1, 0.15) is 0 Å². The molecule has 0 aliphatic heterocycles. The molecule has 4 heterocycles. The van der Waals surface area contributed by atoms with E-state index in [2.05, 4.69) is 193 Å². The number of para-hydroxylation sites is 2. The minimum absolute atomic E-state index is 0. The van der Waals surface area contributed by atoms with Crippen molar-refractivity contribution in [3.05, 3.63) is 162 Å². The van der Waals surface area contributed by atoms with Crippen molar-refractivity contribution >= 4 is 50.8 Å². The van der Waals surface area contributed by atoms with Gasteiger partial charge >= 0.3 is 126 Å². The second kappa shape index (κ2) is 20.8. The van der Waals surface area contributed by atoms with E-state index in [9.17, 15) is 0 Å². The number of aromatic nitrogens is 4. The summed E-state index contributed by atoms with van der Waals surface area (Å²) in [5, 5.41) is 2.06. The summed E-state index contributed by atoms with van der Waals surface area (Å²) < 4.78 is 10.2. The largest absolute Gasteiger partial charge is 0.486 e. The van der Waals surface area contributed by atoms with Gasteiger partial charge in [0.15, 0.2) is 0 Å². The van der Waals surface area contributed by atoms with E-state index in [0.717, 1.165) is 75.0 Å². The number of benzene rings is 5. The monoisotopic (exact) mass is 1110 g/mol. The molecule has 0 fully saturated rings. The Labute approximate surface area is 409 Å². The van der Waals surface area contributed by atoms with Crippen molar-refractivity contribution in [2.75, 3.05) is 0 Å². The zero-order valence-corrected chi connectivity index (χ0v) is 45.1. The fourth-order valence-electron chi connectivity index (χ4n) is 9.21. The van der Waals surface area contributed by atoms with E-state index in [1.54, 1.807) is 4.40 Å². The van der Waals surface area contributed by atoms with E-state index in [0.29, 0.717) is 29.4 Å². The van der Waals surface area contributed by atoms with Gasteiger partial charge in [-0.25, -0.2) is 4.98 Å². The van der Waals surface area contributed by atoms with Crippen LogP contribution in [0.5, 0.6) is 0 Å². The molecule has 9 rings (SSSR count). The number of fused-ring (bicyclic) bond motifs is 4. The van der Waals surface area contributed by atoms with Gasteiger partial charge in [-0.2, -0.15) is 0 Å². The molecule has 7 heteroatoms. The van der Waals surface area contributed by atoms with Crippen LogP contribution in [0.15, 0.2) is 132 Å². The average molecular weight is 1110 g/mol. The molecule has 0 bridgehead atoms. The van der Waals surface area contributed by atoms with Crippen LogP contribution in [0.25, 0.3) is 72.6 Å². The summed E-state index contributed by atoms with van der Waals surface area (Å²) in [7, 11) is 0. The molecule has 1 radical (unpaired) electrons. The van der Waals surface area contributed by atoms with Crippen LogP contribution in [0.2, 0.25) is 17.3 Å². The molecule has 0 saturated heterocycles. The van der Waals surface area contributed by atoms with Gasteiger partial charge in [-0.1, -0.05) is 89.4 Å². The van der Waals surface area contributed by atoms with Crippen LogP contribution in [0.3, 0.4) is 0 Å². The van der Waals surface area contributed by atoms with Crippen LogP contribution >= 0.6 is 0 Å². The maximum atomic E-state index is 6.28. The molecule has 0 unspecified atom stereocenters. The maximum absolute atomic E-state index is 6.28. The molecule has 9 aromatic rings. The molecule has 0 saturated carbocycles. The molecule has 0 spiro atoms. The fraction of sp³-hybridized carbons (Fsp3) is 0.305. The van der Waals surface area contributed by atoms with Gasteiger partial charge in [0.25, 0.3) is 0 Å². The standard InChI is InChI=1S/C41H40N3O.C18H24GeN.Ir/c1-7-27(8-2)35-20-19-31-34-22-29(18-21-38(34)45-41(31)43-35)40-42-36-16-12-13-17-37(36)44(40)39-32(25(3)4)23-30(24-33(39)26(5)6)28-14-10-9-11-15-28;1-14(2)11-16-12-18(15-9-7-6-8-10-15)20-13-17(16)19(3,4)5;/h9-17,19-27H,7-8H2,1-6H3;6-9,12-14H,11H2,1-5H3;/q2*-1;. The van der Waals surface area contributed by atoms with E-state index >= 15 is 0 Å². The third-order valence-corrected chi connectivity index (χ3v) is 17.0. The smallest absolute Gasteiger partial charge is 0.216 e. The average Bonchev–Trinajstić information content (AvgIpc) is 3.87. The Balaban J connectivity index is 0.000000260. The third kappa shape index (κ3) is 10.2. The predicted octanol–water partition coefficient (Wildman–Crippen LogP) is 15.9. The van der Waals surface area contributed by atoms with Gasteiger partial charge in [0.05, 0.1) is 22.4 Å². The molecule has 4 aromatic heterocycles. The van der Waals surface area contributed by atoms with Crippen LogP contribution in [-0.4, -0.2) is 32.8 Å². The van der Waals surface area contributed by atoms with Gasteiger partial charge in [0, 0.05) is 42.8 Å². The number of hydrogen-bond acceptors (Lipinski definition) is 4. The first-order chi connectivity index (χ1) is 31.2. The number of furan rings is 1. The normalized spacial score (nSPS) is 11.9. The molecular weight excluding hydrogens is 1050 g/mol. The van der Waals surface area contributed by atoms with Crippen molar-refractivity contribution in [1.82, 2.24) is 19.5 Å². The first-order valence-corrected chi connectivity index (χ1v) is 31.0. The van der Waals surface area contributed by atoms with Gasteiger partial charge in [0.2, 0.25) is 5.71 Å². The molecule has 0 atom stereocenters. The first-order valence-electron chi connectivity index (χ1n) is 23.7. The van der Waals surface area contributed by atoms with E-state index in [-0.39, 0.29) is 20.1 Å². The Morgan fingerprint density at radius 2 is 1.36 bits per heavy atom. The molecule has 66 heavy (non-hydrogen) atoms. The molecule has 5 nitrogen and oxygen atoms in total. The number of pyridine rings is 2. The van der Waals surface area contributed by atoms with Gasteiger partial charge in [-0.15, -0.1) is 23.8 Å². The maximum Gasteiger partial charge on any atom is 0.216 e. The Hall–Kier alpha value is -5.14. The number of nitrogens with zero attached hydrogens (tertiary/aromatic N) is 4. The van der Waals surface area contributed by atoms with Crippen molar-refractivity contribution in [2.45, 2.75) is 110 Å². The summed E-state index contributed by atoms with van der Waals surface area (Å²) in [5.74, 6) is 9.91. The number of hydrogen-bond donors (Lipinski definition) is 0. The van der Waals surface area contributed by atoms with Gasteiger partial charge < -0.3 is 8.98 Å². The first kappa shape index (κ1) is 48.8. The van der Waals surface area contributed by atoms with Crippen LogP contribution in [0, 0.1) is 18.1 Å². The molecule has 5 aromatic carbocycles. The van der Waals surface area contributed by atoms with E-state index in [1.807, 2.05) is 24.3 Å². The fourth-order valence-corrected chi connectivity index (χ4v) is 12.5. The molecule has 0 aliphatic rings. The summed E-state index contributed by atoms with van der Waals surface area (Å²) in [6.45, 7) is 18.2. The van der Waals surface area contributed by atoms with Crippen molar-refractivity contribution in [2.24, 2.45) is 5.92 Å². The minimum Gasteiger partial charge on any atom is -0.486 e. The summed E-state index contributed by atoms with van der Waals surface area (Å²) >= 11 is -1.86. The van der Waals surface area contributed by atoms with E-state index in [4.69, 9.17) is 19.4 Å². The Kier molecular flexibility index (Phi) is 15.4. The summed E-state index contributed by atoms with van der Waals surface area (Å²) in [4.78, 5) is 14.9. The van der Waals surface area contributed by atoms with Crippen molar-refractivity contribution in [3.63, 3.8) is 0 Å². The van der Waals surface area contributed by atoms with Crippen LogP contribution < -0.4 is 4.40 Å². The molecule has 0 aliphatic carbocycles. The molecule has 0 N–H and O–H groups in total. The van der Waals surface area contributed by atoms with Crippen molar-refractivity contribution < 1.29 is 24.5 Å². The van der Waals surface area contributed by atoms with E-state index < -0.39 is 13.3 Å². The van der Waals surface area contributed by atoms with Crippen molar-refractivity contribution in [1.29, 1.82) is 0 Å². The van der Waals surface area contributed by atoms with Crippen molar-refractivity contribution in [3.8, 4) is 39.5 Å². The number of rotatable bonds is 12. The third-order valence-electron chi connectivity index (χ3n) is 12.7. The predicted molar refractivity (Wildman–Crippen MR) is 277 cm³/mol. The van der Waals surface area contributed by atoms with Gasteiger partial charge in [-0.3, -0.25) is 4.98 Å². The van der Waals surface area contributed by atoms with Gasteiger partial charge in [-0.05, 0) is 83.3 Å². The van der Waals surface area contributed by atoms with Crippen LogP contribution in [0.4, 0.5) is 0 Å².